The van der Waals surface area contributed by atoms with Crippen molar-refractivity contribution < 1.29 is 19.1 Å². The van der Waals surface area contributed by atoms with Crippen LogP contribution in [-0.4, -0.2) is 55.4 Å². The zero-order valence-corrected chi connectivity index (χ0v) is 16.9. The fourth-order valence-electron chi connectivity index (χ4n) is 3.25. The molecule has 0 radical (unpaired) electrons. The molecule has 8 nitrogen and oxygen atoms in total. The molecule has 3 rings (SSSR count). The van der Waals surface area contributed by atoms with Crippen molar-refractivity contribution in [2.45, 2.75) is 13.0 Å². The van der Waals surface area contributed by atoms with Crippen LogP contribution >= 0.6 is 0 Å². The third-order valence-electron chi connectivity index (χ3n) is 4.68. The topological polar surface area (TPSA) is 99.8 Å². The summed E-state index contributed by atoms with van der Waals surface area (Å²) in [4.78, 5) is 37.6. The Bertz CT molecular complexity index is 888. The molecule has 2 aromatic carbocycles. The Hall–Kier alpha value is -3.23. The number of carbonyl (C=O) groups excluding carboxylic acids is 3. The Morgan fingerprint density at radius 1 is 1.00 bits per heavy atom. The van der Waals surface area contributed by atoms with E-state index in [1.807, 2.05) is 30.3 Å². The molecule has 158 valence electrons. The summed E-state index contributed by atoms with van der Waals surface area (Å²) < 4.78 is 5.84. The molecule has 0 saturated carbocycles. The molecule has 3 amide bonds. The van der Waals surface area contributed by atoms with Gasteiger partial charge in [-0.15, -0.1) is 0 Å². The van der Waals surface area contributed by atoms with Gasteiger partial charge in [-0.1, -0.05) is 36.4 Å². The number of morpholine rings is 1. The second kappa shape index (κ2) is 10.5. The maximum Gasteiger partial charge on any atom is 0.313 e. The van der Waals surface area contributed by atoms with Crippen LogP contribution in [0.3, 0.4) is 0 Å². The molecule has 8 heteroatoms. The third-order valence-corrected chi connectivity index (χ3v) is 4.68. The van der Waals surface area contributed by atoms with Crippen LogP contribution in [0.5, 0.6) is 0 Å². The van der Waals surface area contributed by atoms with E-state index < -0.39 is 11.8 Å². The van der Waals surface area contributed by atoms with Gasteiger partial charge in [0, 0.05) is 44.5 Å². The van der Waals surface area contributed by atoms with Gasteiger partial charge < -0.3 is 20.7 Å². The SMILES string of the molecule is CC(=O)Nc1cccc(NC(=O)C(=O)NCCN2CCOC(c3ccccc3)C2)c1. The zero-order valence-electron chi connectivity index (χ0n) is 16.9. The highest BCUT2D eigenvalue weighted by Gasteiger charge is 2.22. The van der Waals surface area contributed by atoms with Crippen molar-refractivity contribution in [3.05, 3.63) is 60.2 Å². The Balaban J connectivity index is 1.43. The molecule has 2 aromatic rings. The van der Waals surface area contributed by atoms with Crippen LogP contribution in [0.2, 0.25) is 0 Å². The van der Waals surface area contributed by atoms with E-state index in [0.29, 0.717) is 31.1 Å². The molecule has 0 bridgehead atoms. The molecule has 1 saturated heterocycles. The Kier molecular flexibility index (Phi) is 7.53. The first-order valence-electron chi connectivity index (χ1n) is 9.87. The molecular formula is C22H26N4O4. The van der Waals surface area contributed by atoms with Crippen molar-refractivity contribution in [2.75, 3.05) is 43.4 Å². The molecule has 1 aliphatic heterocycles. The summed E-state index contributed by atoms with van der Waals surface area (Å²) in [6.45, 7) is 4.53. The number of benzene rings is 2. The number of hydrogen-bond donors (Lipinski definition) is 3. The number of nitrogens with zero attached hydrogens (tertiary/aromatic N) is 1. The summed E-state index contributed by atoms with van der Waals surface area (Å²) in [5.41, 5.74) is 2.10. The largest absolute Gasteiger partial charge is 0.371 e. The molecule has 0 spiro atoms. The number of amides is 3. The first kappa shape index (κ1) is 21.5. The smallest absolute Gasteiger partial charge is 0.313 e. The van der Waals surface area contributed by atoms with E-state index in [1.165, 1.54) is 6.92 Å². The molecule has 3 N–H and O–H groups in total. The molecular weight excluding hydrogens is 384 g/mol. The fraction of sp³-hybridized carbons (Fsp3) is 0.318. The van der Waals surface area contributed by atoms with E-state index in [0.717, 1.165) is 18.7 Å². The molecule has 1 aliphatic rings. The van der Waals surface area contributed by atoms with Gasteiger partial charge in [0.05, 0.1) is 12.7 Å². The average Bonchev–Trinajstić information content (AvgIpc) is 2.74. The average molecular weight is 410 g/mol. The van der Waals surface area contributed by atoms with E-state index in [4.69, 9.17) is 4.74 Å². The first-order chi connectivity index (χ1) is 14.5. The number of hydrogen-bond acceptors (Lipinski definition) is 5. The highest BCUT2D eigenvalue weighted by atomic mass is 16.5. The van der Waals surface area contributed by atoms with Gasteiger partial charge in [0.15, 0.2) is 0 Å². The lowest BCUT2D eigenvalue weighted by molar-refractivity contribution is -0.136. The van der Waals surface area contributed by atoms with Crippen LogP contribution in [0.1, 0.15) is 18.6 Å². The summed E-state index contributed by atoms with van der Waals surface area (Å²) >= 11 is 0. The summed E-state index contributed by atoms with van der Waals surface area (Å²) in [7, 11) is 0. The molecule has 0 aliphatic carbocycles. The molecule has 1 unspecified atom stereocenters. The lowest BCUT2D eigenvalue weighted by Crippen LogP contribution is -2.44. The van der Waals surface area contributed by atoms with E-state index in [-0.39, 0.29) is 12.0 Å². The minimum atomic E-state index is -0.751. The van der Waals surface area contributed by atoms with Crippen molar-refractivity contribution in [3.63, 3.8) is 0 Å². The van der Waals surface area contributed by atoms with Crippen LogP contribution in [0.25, 0.3) is 0 Å². The van der Waals surface area contributed by atoms with E-state index in [2.05, 4.69) is 20.9 Å². The van der Waals surface area contributed by atoms with Gasteiger partial charge in [-0.05, 0) is 23.8 Å². The van der Waals surface area contributed by atoms with Crippen LogP contribution in [0.15, 0.2) is 54.6 Å². The standard InChI is InChI=1S/C22H26N4O4/c1-16(27)24-18-8-5-9-19(14-18)25-22(29)21(28)23-10-11-26-12-13-30-20(15-26)17-6-3-2-4-7-17/h2-9,14,20H,10-13,15H2,1H3,(H,23,28)(H,24,27)(H,25,29). The van der Waals surface area contributed by atoms with Gasteiger partial charge >= 0.3 is 11.8 Å². The molecule has 0 aromatic heterocycles. The maximum atomic E-state index is 12.1. The number of ether oxygens (including phenoxy) is 1. The Morgan fingerprint density at radius 3 is 2.47 bits per heavy atom. The highest BCUT2D eigenvalue weighted by Crippen LogP contribution is 2.21. The predicted octanol–water partition coefficient (Wildman–Crippen LogP) is 1.77. The number of rotatable bonds is 6. The minimum absolute atomic E-state index is 0.00911. The van der Waals surface area contributed by atoms with Crippen molar-refractivity contribution in [1.29, 1.82) is 0 Å². The van der Waals surface area contributed by atoms with Gasteiger partial charge in [0.2, 0.25) is 5.91 Å². The van der Waals surface area contributed by atoms with Gasteiger partial charge in [-0.2, -0.15) is 0 Å². The van der Waals surface area contributed by atoms with Crippen molar-refractivity contribution >= 4 is 29.1 Å². The second-order valence-corrected chi connectivity index (χ2v) is 7.04. The van der Waals surface area contributed by atoms with Crippen LogP contribution in [0.4, 0.5) is 11.4 Å². The second-order valence-electron chi connectivity index (χ2n) is 7.04. The van der Waals surface area contributed by atoms with Crippen molar-refractivity contribution in [3.8, 4) is 0 Å². The maximum absolute atomic E-state index is 12.1. The molecule has 1 heterocycles. The Morgan fingerprint density at radius 2 is 1.73 bits per heavy atom. The third kappa shape index (κ3) is 6.40. The van der Waals surface area contributed by atoms with Gasteiger partial charge in [-0.3, -0.25) is 19.3 Å². The molecule has 1 atom stereocenters. The summed E-state index contributed by atoms with van der Waals surface area (Å²) in [6, 6.07) is 16.6. The number of anilines is 2. The van der Waals surface area contributed by atoms with Crippen LogP contribution in [-0.2, 0) is 19.1 Å². The summed E-state index contributed by atoms with van der Waals surface area (Å²) in [5.74, 6) is -1.67. The normalized spacial score (nSPS) is 16.5. The fourth-order valence-corrected chi connectivity index (χ4v) is 3.25. The zero-order chi connectivity index (χ0) is 21.3. The van der Waals surface area contributed by atoms with Gasteiger partial charge in [-0.25, -0.2) is 0 Å². The van der Waals surface area contributed by atoms with Crippen molar-refractivity contribution in [2.24, 2.45) is 0 Å². The first-order valence-corrected chi connectivity index (χ1v) is 9.87. The van der Waals surface area contributed by atoms with E-state index in [9.17, 15) is 14.4 Å². The highest BCUT2D eigenvalue weighted by molar-refractivity contribution is 6.39. The van der Waals surface area contributed by atoms with Crippen LogP contribution < -0.4 is 16.0 Å². The quantitative estimate of drug-likeness (QED) is 0.631. The Labute approximate surface area is 175 Å². The summed E-state index contributed by atoms with van der Waals surface area (Å²) in [6.07, 6.45) is 0.00911. The van der Waals surface area contributed by atoms with Gasteiger partial charge in [0.25, 0.3) is 0 Å². The predicted molar refractivity (Wildman–Crippen MR) is 114 cm³/mol. The molecule has 30 heavy (non-hydrogen) atoms. The lowest BCUT2D eigenvalue weighted by Gasteiger charge is -2.33. The monoisotopic (exact) mass is 410 g/mol. The van der Waals surface area contributed by atoms with E-state index in [1.54, 1.807) is 24.3 Å². The number of nitrogens with one attached hydrogen (secondary N) is 3. The minimum Gasteiger partial charge on any atom is -0.371 e. The number of carbonyl (C=O) groups is 3. The summed E-state index contributed by atoms with van der Waals surface area (Å²) in [5, 5.41) is 7.81. The van der Waals surface area contributed by atoms with Gasteiger partial charge in [0.1, 0.15) is 0 Å². The van der Waals surface area contributed by atoms with E-state index >= 15 is 0 Å². The molecule has 1 fully saturated rings. The van der Waals surface area contributed by atoms with Crippen molar-refractivity contribution in [1.82, 2.24) is 10.2 Å². The van der Waals surface area contributed by atoms with Crippen LogP contribution in [0, 0.1) is 0 Å². The lowest BCUT2D eigenvalue weighted by atomic mass is 10.1.